The lowest BCUT2D eigenvalue weighted by molar-refractivity contribution is -0.157. The third-order valence-corrected chi connectivity index (χ3v) is 9.84. The molecule has 4 N–H and O–H groups in total. The molecule has 2 unspecified atom stereocenters. The summed E-state index contributed by atoms with van der Waals surface area (Å²) < 4.78 is 5.47. The van der Waals surface area contributed by atoms with E-state index in [0.717, 1.165) is 75.5 Å². The predicted molar refractivity (Wildman–Crippen MR) is 184 cm³/mol. The predicted octanol–water partition coefficient (Wildman–Crippen LogP) is 6.85. The van der Waals surface area contributed by atoms with Gasteiger partial charge in [-0.3, -0.25) is 19.4 Å². The normalized spacial score (nSPS) is 17.9. The summed E-state index contributed by atoms with van der Waals surface area (Å²) in [4.78, 5) is 29.6. The van der Waals surface area contributed by atoms with E-state index in [1.165, 1.54) is 4.90 Å². The number of likely N-dealkylation sites (tertiary alicyclic amines) is 1. The number of benzene rings is 3. The molecule has 3 aromatic carbocycles. The highest BCUT2D eigenvalue weighted by Gasteiger charge is 2.42. The van der Waals surface area contributed by atoms with Crippen LogP contribution in [-0.2, 0) is 22.6 Å². The minimum absolute atomic E-state index is 0.159. The zero-order valence-electron chi connectivity index (χ0n) is 27.3. The fourth-order valence-electron chi connectivity index (χ4n) is 6.93. The Kier molecular flexibility index (Phi) is 9.56. The zero-order chi connectivity index (χ0) is 34.1. The number of hydrogen-bond donors (Lipinski definition) is 3. The van der Waals surface area contributed by atoms with Crippen LogP contribution in [0.3, 0.4) is 0 Å². The van der Waals surface area contributed by atoms with E-state index in [4.69, 9.17) is 21.9 Å². The molecule has 248 valence electrons. The number of aryl methyl sites for hydroxylation is 3. The number of aliphatic hydroxyl groups excluding tert-OH is 1. The minimum atomic E-state index is -0.901. The van der Waals surface area contributed by atoms with Gasteiger partial charge in [-0.15, -0.1) is 0 Å². The summed E-state index contributed by atoms with van der Waals surface area (Å²) in [6.07, 6.45) is 2.91. The lowest BCUT2D eigenvalue weighted by Gasteiger charge is -2.37. The molecule has 0 spiro atoms. The number of imide groups is 1. The average Bonchev–Trinajstić information content (AvgIpc) is 3.56. The van der Waals surface area contributed by atoms with Crippen LogP contribution in [0.5, 0.6) is 0 Å². The Morgan fingerprint density at radius 2 is 1.92 bits per heavy atom. The van der Waals surface area contributed by atoms with E-state index in [1.807, 2.05) is 26.0 Å². The monoisotopic (exact) mass is 666 g/mol. The molecule has 1 fully saturated rings. The fraction of sp³-hybridized carbons (Fsp3) is 0.351. The number of amides is 2. The van der Waals surface area contributed by atoms with Crippen molar-refractivity contribution in [2.45, 2.75) is 78.1 Å². The molecule has 0 aliphatic carbocycles. The summed E-state index contributed by atoms with van der Waals surface area (Å²) in [6.45, 7) is 6.66. The van der Waals surface area contributed by atoms with Gasteiger partial charge in [-0.2, -0.15) is 5.26 Å². The molecule has 2 amide bonds. The van der Waals surface area contributed by atoms with Gasteiger partial charge in [-0.05, 0) is 105 Å². The minimum Gasteiger partial charge on any atom is -0.399 e. The summed E-state index contributed by atoms with van der Waals surface area (Å²) in [5.74, 6) is 0.333. The van der Waals surface area contributed by atoms with Crippen molar-refractivity contribution in [3.8, 4) is 17.2 Å². The van der Waals surface area contributed by atoms with Gasteiger partial charge in [0.2, 0.25) is 11.8 Å². The van der Waals surface area contributed by atoms with Crippen molar-refractivity contribution in [2.24, 2.45) is 0 Å². The van der Waals surface area contributed by atoms with E-state index in [9.17, 15) is 20.0 Å². The second kappa shape index (κ2) is 13.8. The number of aliphatic hydroxyl groups is 1. The third kappa shape index (κ3) is 6.54. The molecule has 48 heavy (non-hydrogen) atoms. The van der Waals surface area contributed by atoms with E-state index in [-0.39, 0.29) is 18.2 Å². The Morgan fingerprint density at radius 1 is 1.10 bits per heavy atom. The van der Waals surface area contributed by atoms with Crippen molar-refractivity contribution in [1.82, 2.24) is 15.0 Å². The van der Waals surface area contributed by atoms with Crippen molar-refractivity contribution < 1.29 is 19.2 Å². The summed E-state index contributed by atoms with van der Waals surface area (Å²) in [5.41, 5.74) is 15.3. The quantitative estimate of drug-likeness (QED) is 0.0938. The number of fused-ring (bicyclic) bond motifs is 1. The fourth-order valence-corrected chi connectivity index (χ4v) is 7.15. The van der Waals surface area contributed by atoms with E-state index in [0.29, 0.717) is 42.2 Å². The first kappa shape index (κ1) is 33.2. The number of hydrogen-bond acceptors (Lipinski definition) is 9. The summed E-state index contributed by atoms with van der Waals surface area (Å²) in [5, 5.41) is 28.3. The number of anilines is 3. The lowest BCUT2D eigenvalue weighted by atomic mass is 9.94. The highest BCUT2D eigenvalue weighted by Crippen LogP contribution is 2.38. The first-order valence-corrected chi connectivity index (χ1v) is 16.6. The lowest BCUT2D eigenvalue weighted by Crippen LogP contribution is -2.54. The van der Waals surface area contributed by atoms with Gasteiger partial charge in [0.05, 0.1) is 22.3 Å². The van der Waals surface area contributed by atoms with Crippen molar-refractivity contribution in [1.29, 1.82) is 5.26 Å². The standard InChI is InChI=1S/C37H39ClN6O4/c1-21-24(15-26(35-22(2)42-48-23(35)3)17-32(21)41-29-10-8-25(19-39)31(38)18-29)7-5-4-6-14-43-34(45)13-12-33(37(43)47)44-20-27-16-28(40)9-11-30(27)36(44)46/h8-11,15-18,33,36,41,46H,4-7,12-14,20,40H2,1-3H3. The maximum Gasteiger partial charge on any atom is 0.246 e. The number of nitrogens with two attached hydrogens (primary N) is 1. The van der Waals surface area contributed by atoms with E-state index < -0.39 is 12.3 Å². The highest BCUT2D eigenvalue weighted by atomic mass is 35.5. The van der Waals surface area contributed by atoms with Crippen molar-refractivity contribution in [3.05, 3.63) is 92.8 Å². The maximum atomic E-state index is 13.5. The first-order chi connectivity index (χ1) is 23.0. The van der Waals surface area contributed by atoms with Crippen LogP contribution in [0.25, 0.3) is 11.1 Å². The van der Waals surface area contributed by atoms with Crippen molar-refractivity contribution >= 4 is 40.5 Å². The topological polar surface area (TPSA) is 149 Å². The summed E-state index contributed by atoms with van der Waals surface area (Å²) in [6, 6.07) is 16.5. The van der Waals surface area contributed by atoms with Gasteiger partial charge >= 0.3 is 0 Å². The molecule has 2 atom stereocenters. The Labute approximate surface area is 285 Å². The van der Waals surface area contributed by atoms with Crippen molar-refractivity contribution in [2.75, 3.05) is 17.6 Å². The number of unbranched alkanes of at least 4 members (excludes halogenated alkanes) is 2. The molecule has 0 bridgehead atoms. The van der Waals surface area contributed by atoms with Crippen LogP contribution in [0.15, 0.2) is 53.1 Å². The molecule has 0 radical (unpaired) electrons. The van der Waals surface area contributed by atoms with Gasteiger partial charge < -0.3 is 20.7 Å². The average molecular weight is 667 g/mol. The van der Waals surface area contributed by atoms with Crippen LogP contribution in [0.4, 0.5) is 17.1 Å². The largest absolute Gasteiger partial charge is 0.399 e. The van der Waals surface area contributed by atoms with Gasteiger partial charge in [0, 0.05) is 47.7 Å². The van der Waals surface area contributed by atoms with Gasteiger partial charge in [0.1, 0.15) is 18.1 Å². The van der Waals surface area contributed by atoms with E-state index in [2.05, 4.69) is 35.6 Å². The van der Waals surface area contributed by atoms with Gasteiger partial charge in [0.15, 0.2) is 0 Å². The maximum absolute atomic E-state index is 13.5. The number of rotatable bonds is 10. The number of aromatic nitrogens is 1. The number of carbonyl (C=O) groups is 2. The van der Waals surface area contributed by atoms with Gasteiger partial charge in [0.25, 0.3) is 0 Å². The number of nitrogens with zero attached hydrogens (tertiary/aromatic N) is 4. The van der Waals surface area contributed by atoms with E-state index >= 15 is 0 Å². The van der Waals surface area contributed by atoms with Crippen LogP contribution in [0.2, 0.25) is 5.02 Å². The van der Waals surface area contributed by atoms with Crippen LogP contribution in [0, 0.1) is 32.1 Å². The van der Waals surface area contributed by atoms with Crippen LogP contribution < -0.4 is 11.1 Å². The number of nitriles is 1. The van der Waals surface area contributed by atoms with Crippen LogP contribution in [0.1, 0.15) is 77.6 Å². The molecule has 1 aromatic heterocycles. The number of nitrogens with one attached hydrogen (secondary N) is 1. The molecule has 1 saturated heterocycles. The molecule has 3 heterocycles. The molecule has 11 heteroatoms. The number of carbonyl (C=O) groups excluding carboxylic acids is 2. The highest BCUT2D eigenvalue weighted by molar-refractivity contribution is 6.32. The number of nitrogen functional groups attached to an aromatic ring is 1. The number of piperidine rings is 1. The summed E-state index contributed by atoms with van der Waals surface area (Å²) in [7, 11) is 0. The molecule has 6 rings (SSSR count). The molecule has 0 saturated carbocycles. The second-order valence-corrected chi connectivity index (χ2v) is 13.1. The smallest absolute Gasteiger partial charge is 0.246 e. The Balaban J connectivity index is 1.12. The second-order valence-electron chi connectivity index (χ2n) is 12.7. The SMILES string of the molecule is Cc1noc(C)c1-c1cc(CCCCCN2C(=O)CCC(N3Cc4cc(N)ccc4C3O)C2=O)c(C)c(Nc2ccc(C#N)c(Cl)c2)c1. The van der Waals surface area contributed by atoms with Crippen LogP contribution >= 0.6 is 11.6 Å². The Hall–Kier alpha value is -4.69. The number of halogens is 1. The first-order valence-electron chi connectivity index (χ1n) is 16.3. The zero-order valence-corrected chi connectivity index (χ0v) is 28.1. The third-order valence-electron chi connectivity index (χ3n) is 9.53. The molecule has 2 aliphatic rings. The van der Waals surface area contributed by atoms with Gasteiger partial charge in [-0.1, -0.05) is 35.3 Å². The molecular weight excluding hydrogens is 628 g/mol. The molecular formula is C37H39ClN6O4. The Bertz CT molecular complexity index is 1910. The molecule has 2 aliphatic heterocycles. The summed E-state index contributed by atoms with van der Waals surface area (Å²) >= 11 is 6.32. The molecule has 4 aromatic rings. The van der Waals surface area contributed by atoms with Crippen molar-refractivity contribution in [3.63, 3.8) is 0 Å². The van der Waals surface area contributed by atoms with Crippen LogP contribution in [-0.4, -0.2) is 44.5 Å². The Morgan fingerprint density at radius 3 is 2.65 bits per heavy atom. The van der Waals surface area contributed by atoms with E-state index in [1.54, 1.807) is 29.2 Å². The molecule has 10 nitrogen and oxygen atoms in total. The van der Waals surface area contributed by atoms with Gasteiger partial charge in [-0.25, -0.2) is 0 Å².